The third kappa shape index (κ3) is 7.36. The van der Waals surface area contributed by atoms with E-state index in [1.807, 2.05) is 18.3 Å². The fourth-order valence-corrected chi connectivity index (χ4v) is 8.90. The molecule has 2 bridgehead atoms. The van der Waals surface area contributed by atoms with Crippen molar-refractivity contribution in [2.75, 3.05) is 26.2 Å². The molecule has 14 nitrogen and oxygen atoms in total. The van der Waals surface area contributed by atoms with Crippen LogP contribution in [0.4, 0.5) is 10.5 Å². The topological polar surface area (TPSA) is 179 Å². The van der Waals surface area contributed by atoms with Crippen molar-refractivity contribution in [3.63, 3.8) is 0 Å². The van der Waals surface area contributed by atoms with E-state index in [0.717, 1.165) is 77.3 Å². The Hall–Kier alpha value is -6.02. The van der Waals surface area contributed by atoms with Crippen molar-refractivity contribution in [1.29, 1.82) is 0 Å². The maximum absolute atomic E-state index is 13.6. The lowest BCUT2D eigenvalue weighted by atomic mass is 9.78. The van der Waals surface area contributed by atoms with Gasteiger partial charge in [0, 0.05) is 25.8 Å². The predicted octanol–water partition coefficient (Wildman–Crippen LogP) is 6.22. The van der Waals surface area contributed by atoms with Crippen molar-refractivity contribution in [2.45, 2.75) is 63.1 Å². The first-order valence-electron chi connectivity index (χ1n) is 19.3. The number of nitrogens with one attached hydrogen (secondary N) is 5. The molecular formula is C42H47N9O5. The lowest BCUT2D eigenvalue weighted by molar-refractivity contribution is -0.137. The summed E-state index contributed by atoms with van der Waals surface area (Å²) in [6, 6.07) is 19.3. The van der Waals surface area contributed by atoms with Gasteiger partial charge in [0.2, 0.25) is 11.8 Å². The van der Waals surface area contributed by atoms with Gasteiger partial charge in [-0.1, -0.05) is 48.5 Å². The zero-order valence-corrected chi connectivity index (χ0v) is 31.7. The second-order valence-electron chi connectivity index (χ2n) is 15.0. The Morgan fingerprint density at radius 1 is 0.821 bits per heavy atom. The molecule has 0 radical (unpaired) electrons. The van der Waals surface area contributed by atoms with Gasteiger partial charge in [-0.3, -0.25) is 25.4 Å². The molecule has 0 spiro atoms. The van der Waals surface area contributed by atoms with Crippen molar-refractivity contribution >= 4 is 23.6 Å². The standard InChI is InChI=1S/C42H47N9O5/c1-24(55-2)37(48-42(54)56-3)41(53)51-19-5-7-34(51)38-44-22-32(46-38)27-12-8-25(9-13-27)26-10-14-28(15-11-26)33-23-45-39(47-33)35-29-16-17-30(20-29)36(35)40(52)50-49-31-6-4-18-43-21-31/h4,6,8-15,18,21-24,29-30,34-37,49H,5,7,16-17,19-20H2,1-3H3,(H,44,46)(H,45,47)(H,48,54)(H,50,52)/t24-,29?,30?,34+,35+,36+,37+/m1/s1. The molecule has 2 unspecified atom stereocenters. The molecule has 3 aromatic heterocycles. The molecule has 2 aromatic carbocycles. The second kappa shape index (κ2) is 16.0. The van der Waals surface area contributed by atoms with E-state index in [9.17, 15) is 14.4 Å². The van der Waals surface area contributed by atoms with Crippen LogP contribution in [0.5, 0.6) is 0 Å². The Morgan fingerprint density at radius 3 is 2.11 bits per heavy atom. The number of rotatable bonds is 12. The minimum atomic E-state index is -0.887. The molecular weight excluding hydrogens is 711 g/mol. The van der Waals surface area contributed by atoms with E-state index in [1.54, 1.807) is 30.4 Å². The van der Waals surface area contributed by atoms with Crippen LogP contribution in [0.3, 0.4) is 0 Å². The summed E-state index contributed by atoms with van der Waals surface area (Å²) >= 11 is 0. The first-order chi connectivity index (χ1) is 27.3. The number of methoxy groups -OCH3 is 2. The summed E-state index contributed by atoms with van der Waals surface area (Å²) in [6.07, 6.45) is 10.6. The quantitative estimate of drug-likeness (QED) is 0.0924. The van der Waals surface area contributed by atoms with E-state index in [0.29, 0.717) is 24.2 Å². The van der Waals surface area contributed by atoms with Gasteiger partial charge in [-0.25, -0.2) is 14.8 Å². The second-order valence-corrected chi connectivity index (χ2v) is 15.0. The molecule has 290 valence electrons. The number of H-pyrrole nitrogens is 2. The Morgan fingerprint density at radius 2 is 1.46 bits per heavy atom. The SMILES string of the molecule is COC(=O)N[C@H](C(=O)N1CCC[C@H]1c1ncc(-c2ccc(-c3ccc(-c4cnc([C@H]5C6CCC(C6)[C@@H]5C(=O)NNc5cccnc5)[nH]4)cc3)cc2)[nH]1)[C@@H](C)OC. The van der Waals surface area contributed by atoms with Crippen LogP contribution in [0.1, 0.15) is 62.6 Å². The van der Waals surface area contributed by atoms with Crippen LogP contribution >= 0.6 is 0 Å². The van der Waals surface area contributed by atoms with Gasteiger partial charge in [-0.2, -0.15) is 0 Å². The minimum Gasteiger partial charge on any atom is -0.453 e. The molecule has 56 heavy (non-hydrogen) atoms. The number of likely N-dealkylation sites (tertiary alicyclic amines) is 1. The highest BCUT2D eigenvalue weighted by Crippen LogP contribution is 2.56. The fraction of sp³-hybridized carbons (Fsp3) is 0.381. The van der Waals surface area contributed by atoms with Gasteiger partial charge < -0.3 is 29.7 Å². The zero-order chi connectivity index (χ0) is 38.8. The van der Waals surface area contributed by atoms with Crippen LogP contribution in [0, 0.1) is 17.8 Å². The number of carbonyl (C=O) groups excluding carboxylic acids is 3. The van der Waals surface area contributed by atoms with E-state index >= 15 is 0 Å². The first-order valence-corrected chi connectivity index (χ1v) is 19.3. The lowest BCUT2D eigenvalue weighted by Crippen LogP contribution is -2.54. The largest absolute Gasteiger partial charge is 0.453 e. The highest BCUT2D eigenvalue weighted by molar-refractivity contribution is 5.87. The average Bonchev–Trinajstić information content (AvgIpc) is 4.10. The Balaban J connectivity index is 0.918. The molecule has 4 heterocycles. The van der Waals surface area contributed by atoms with Crippen LogP contribution < -0.4 is 16.2 Å². The summed E-state index contributed by atoms with van der Waals surface area (Å²) in [7, 11) is 2.77. The third-order valence-corrected chi connectivity index (χ3v) is 11.9. The number of benzene rings is 2. The van der Waals surface area contributed by atoms with E-state index in [-0.39, 0.29) is 29.7 Å². The average molecular weight is 758 g/mol. The molecule has 5 aromatic rings. The van der Waals surface area contributed by atoms with Crippen LogP contribution in [-0.2, 0) is 19.1 Å². The number of alkyl carbamates (subject to hydrolysis) is 1. The highest BCUT2D eigenvalue weighted by atomic mass is 16.5. The number of ether oxygens (including phenoxy) is 2. The van der Waals surface area contributed by atoms with Crippen molar-refractivity contribution < 1.29 is 23.9 Å². The summed E-state index contributed by atoms with van der Waals surface area (Å²) < 4.78 is 10.2. The maximum Gasteiger partial charge on any atom is 0.407 e. The van der Waals surface area contributed by atoms with Gasteiger partial charge in [-0.15, -0.1) is 0 Å². The van der Waals surface area contributed by atoms with E-state index in [4.69, 9.17) is 14.5 Å². The van der Waals surface area contributed by atoms with Crippen molar-refractivity contribution in [3.05, 3.63) is 97.1 Å². The first kappa shape index (κ1) is 36.9. The highest BCUT2D eigenvalue weighted by Gasteiger charge is 2.52. The number of amides is 3. The van der Waals surface area contributed by atoms with Gasteiger partial charge in [0.25, 0.3) is 0 Å². The number of aromatic amines is 2. The number of aromatic nitrogens is 5. The van der Waals surface area contributed by atoms with Crippen molar-refractivity contribution in [1.82, 2.24) is 40.6 Å². The molecule has 8 rings (SSSR count). The normalized spacial score (nSPS) is 22.4. The zero-order valence-electron chi connectivity index (χ0n) is 31.7. The number of imidazole rings is 2. The maximum atomic E-state index is 13.6. The number of hydrogen-bond acceptors (Lipinski definition) is 9. The number of hydrazine groups is 1. The number of fused-ring (bicyclic) bond motifs is 2. The molecule has 1 aliphatic heterocycles. The molecule has 3 amide bonds. The Kier molecular flexibility index (Phi) is 10.5. The van der Waals surface area contributed by atoms with Crippen LogP contribution in [0.25, 0.3) is 33.6 Å². The molecule has 7 atom stereocenters. The van der Waals surface area contributed by atoms with E-state index in [2.05, 4.69) is 84.6 Å². The van der Waals surface area contributed by atoms with Crippen LogP contribution in [-0.4, -0.2) is 80.6 Å². The van der Waals surface area contributed by atoms with E-state index < -0.39 is 18.2 Å². The van der Waals surface area contributed by atoms with Crippen LogP contribution in [0.15, 0.2) is 85.5 Å². The summed E-state index contributed by atoms with van der Waals surface area (Å²) in [4.78, 5) is 61.4. The summed E-state index contributed by atoms with van der Waals surface area (Å²) in [5, 5.41) is 2.63. The number of hydrogen-bond donors (Lipinski definition) is 5. The predicted molar refractivity (Wildman–Crippen MR) is 210 cm³/mol. The minimum absolute atomic E-state index is 0.00256. The van der Waals surface area contributed by atoms with Gasteiger partial charge in [0.1, 0.15) is 17.7 Å². The number of nitrogens with zero attached hydrogens (tertiary/aromatic N) is 4. The molecule has 3 aliphatic rings. The van der Waals surface area contributed by atoms with Crippen LogP contribution in [0.2, 0.25) is 0 Å². The number of pyridine rings is 1. The Labute approximate surface area is 325 Å². The number of anilines is 1. The number of carbonyl (C=O) groups is 3. The smallest absolute Gasteiger partial charge is 0.407 e. The monoisotopic (exact) mass is 757 g/mol. The fourth-order valence-electron chi connectivity index (χ4n) is 8.90. The van der Waals surface area contributed by atoms with Crippen molar-refractivity contribution in [3.8, 4) is 33.6 Å². The molecule has 3 fully saturated rings. The summed E-state index contributed by atoms with van der Waals surface area (Å²) in [5.41, 5.74) is 12.6. The van der Waals surface area contributed by atoms with Gasteiger partial charge in [0.15, 0.2) is 0 Å². The van der Waals surface area contributed by atoms with Gasteiger partial charge in [0.05, 0.1) is 60.8 Å². The lowest BCUT2D eigenvalue weighted by Gasteiger charge is -2.30. The summed E-state index contributed by atoms with van der Waals surface area (Å²) in [6.45, 7) is 2.29. The van der Waals surface area contributed by atoms with Crippen molar-refractivity contribution in [2.24, 2.45) is 17.8 Å². The summed E-state index contributed by atoms with van der Waals surface area (Å²) in [5.74, 6) is 2.04. The van der Waals surface area contributed by atoms with E-state index in [1.165, 1.54) is 14.2 Å². The molecule has 1 saturated heterocycles. The molecule has 2 aliphatic carbocycles. The van der Waals surface area contributed by atoms with Gasteiger partial charge in [-0.05, 0) is 85.3 Å². The molecule has 5 N–H and O–H groups in total. The Bertz CT molecular complexity index is 2150. The van der Waals surface area contributed by atoms with Gasteiger partial charge >= 0.3 is 6.09 Å². The third-order valence-electron chi connectivity index (χ3n) is 11.9. The molecule has 14 heteroatoms. The molecule has 2 saturated carbocycles.